The first-order valence-electron chi connectivity index (χ1n) is 9.15. The van der Waals surface area contributed by atoms with E-state index in [2.05, 4.69) is 18.0 Å². The number of hydrogen-bond donors (Lipinski definition) is 0. The van der Waals surface area contributed by atoms with E-state index in [-0.39, 0.29) is 5.41 Å². The molecule has 2 aliphatic carbocycles. The van der Waals surface area contributed by atoms with Crippen LogP contribution in [0.4, 0.5) is 0 Å². The van der Waals surface area contributed by atoms with E-state index in [1.807, 2.05) is 13.0 Å². The van der Waals surface area contributed by atoms with E-state index in [1.54, 1.807) is 7.11 Å². The predicted molar refractivity (Wildman–Crippen MR) is 92.9 cm³/mol. The maximum atomic E-state index is 12.4. The summed E-state index contributed by atoms with van der Waals surface area (Å²) in [7, 11) is 3.94. The molecular formula is C20H27NO3. The Hall–Kier alpha value is -1.55. The van der Waals surface area contributed by atoms with E-state index in [4.69, 9.17) is 9.47 Å². The van der Waals surface area contributed by atoms with Crippen molar-refractivity contribution in [3.8, 4) is 11.5 Å². The summed E-state index contributed by atoms with van der Waals surface area (Å²) in [6, 6.07) is 4.77. The number of carbonyl (C=O) groups is 1. The standard InChI is InChI=1S/C20H27NO3/c1-4-24-19-17(23-3)8-5-13-11-16-15-7-6-14(22)12-20(15,18(13)19)9-10-21(16)2/h5,8,15-16H,4,6-7,9-12H2,1-3H3/t15-,16+,20-/m0/s1. The monoisotopic (exact) mass is 329 g/mol. The average Bonchev–Trinajstić information content (AvgIpc) is 2.58. The van der Waals surface area contributed by atoms with Crippen LogP contribution in [0.2, 0.25) is 0 Å². The van der Waals surface area contributed by atoms with Crippen molar-refractivity contribution in [3.63, 3.8) is 0 Å². The number of benzene rings is 1. The van der Waals surface area contributed by atoms with Crippen molar-refractivity contribution in [3.05, 3.63) is 23.3 Å². The zero-order chi connectivity index (χ0) is 16.9. The maximum absolute atomic E-state index is 12.4. The smallest absolute Gasteiger partial charge is 0.165 e. The highest BCUT2D eigenvalue weighted by Crippen LogP contribution is 2.58. The minimum absolute atomic E-state index is 0.0564. The van der Waals surface area contributed by atoms with Crippen LogP contribution in [0.15, 0.2) is 12.1 Å². The SMILES string of the molecule is CCOc1c(OC)ccc2c1[C@]13CCN(C)[C@H](C2)[C@@H]1CCC(=O)C3. The molecule has 3 aliphatic rings. The molecule has 0 spiro atoms. The van der Waals surface area contributed by atoms with Crippen LogP contribution in [0.3, 0.4) is 0 Å². The first-order valence-corrected chi connectivity index (χ1v) is 9.15. The summed E-state index contributed by atoms with van der Waals surface area (Å²) >= 11 is 0. The highest BCUT2D eigenvalue weighted by molar-refractivity contribution is 5.82. The van der Waals surface area contributed by atoms with Crippen LogP contribution in [0.1, 0.15) is 43.7 Å². The van der Waals surface area contributed by atoms with Gasteiger partial charge in [0.2, 0.25) is 0 Å². The van der Waals surface area contributed by atoms with Gasteiger partial charge >= 0.3 is 0 Å². The fourth-order valence-corrected chi connectivity index (χ4v) is 5.54. The lowest BCUT2D eigenvalue weighted by atomic mass is 9.52. The maximum Gasteiger partial charge on any atom is 0.165 e. The summed E-state index contributed by atoms with van der Waals surface area (Å²) in [6.45, 7) is 3.68. The zero-order valence-corrected chi connectivity index (χ0v) is 14.9. The summed E-state index contributed by atoms with van der Waals surface area (Å²) in [6.07, 6.45) is 4.51. The quantitative estimate of drug-likeness (QED) is 0.855. The van der Waals surface area contributed by atoms with Crippen LogP contribution in [0.5, 0.6) is 11.5 Å². The number of rotatable bonds is 3. The largest absolute Gasteiger partial charge is 0.493 e. The van der Waals surface area contributed by atoms with E-state index in [0.717, 1.165) is 43.7 Å². The van der Waals surface area contributed by atoms with Crippen LogP contribution >= 0.6 is 0 Å². The minimum Gasteiger partial charge on any atom is -0.493 e. The second-order valence-electron chi connectivity index (χ2n) is 7.58. The van der Waals surface area contributed by atoms with Gasteiger partial charge < -0.3 is 14.4 Å². The van der Waals surface area contributed by atoms with Crippen molar-refractivity contribution in [2.45, 2.75) is 50.5 Å². The third-order valence-corrected chi connectivity index (χ3v) is 6.54. The molecular weight excluding hydrogens is 302 g/mol. The van der Waals surface area contributed by atoms with E-state index >= 15 is 0 Å². The first-order chi connectivity index (χ1) is 11.6. The lowest BCUT2D eigenvalue weighted by Crippen LogP contribution is -2.61. The molecule has 1 saturated carbocycles. The van der Waals surface area contributed by atoms with Crippen LogP contribution in [0.25, 0.3) is 0 Å². The fraction of sp³-hybridized carbons (Fsp3) is 0.650. The van der Waals surface area contributed by atoms with Crippen LogP contribution in [-0.2, 0) is 16.6 Å². The van der Waals surface area contributed by atoms with Gasteiger partial charge in [0.1, 0.15) is 5.78 Å². The van der Waals surface area contributed by atoms with Gasteiger partial charge in [0.25, 0.3) is 0 Å². The highest BCUT2D eigenvalue weighted by atomic mass is 16.5. The molecule has 4 rings (SSSR count). The first kappa shape index (κ1) is 15.9. The molecule has 0 unspecified atom stereocenters. The number of carbonyl (C=O) groups excluding carboxylic acids is 1. The molecule has 1 aliphatic heterocycles. The molecule has 0 amide bonds. The van der Waals surface area contributed by atoms with E-state index in [9.17, 15) is 4.79 Å². The van der Waals surface area contributed by atoms with Gasteiger partial charge in [0, 0.05) is 29.9 Å². The second kappa shape index (κ2) is 5.76. The Morgan fingerprint density at radius 1 is 1.38 bits per heavy atom. The molecule has 0 radical (unpaired) electrons. The Morgan fingerprint density at radius 3 is 2.96 bits per heavy atom. The summed E-state index contributed by atoms with van der Waals surface area (Å²) < 4.78 is 11.7. The van der Waals surface area contributed by atoms with Gasteiger partial charge in [-0.1, -0.05) is 6.07 Å². The van der Waals surface area contributed by atoms with Gasteiger partial charge in [0.15, 0.2) is 11.5 Å². The van der Waals surface area contributed by atoms with Gasteiger partial charge in [0.05, 0.1) is 13.7 Å². The van der Waals surface area contributed by atoms with E-state index in [1.165, 1.54) is 11.1 Å². The number of likely N-dealkylation sites (tertiary alicyclic amines) is 1. The molecule has 0 aromatic heterocycles. The highest BCUT2D eigenvalue weighted by Gasteiger charge is 2.56. The van der Waals surface area contributed by atoms with Crippen LogP contribution < -0.4 is 9.47 Å². The van der Waals surface area contributed by atoms with Gasteiger partial charge in [-0.05, 0) is 57.3 Å². The van der Waals surface area contributed by atoms with Gasteiger partial charge in [-0.15, -0.1) is 0 Å². The fourth-order valence-electron chi connectivity index (χ4n) is 5.54. The molecule has 1 saturated heterocycles. The summed E-state index contributed by atoms with van der Waals surface area (Å²) in [4.78, 5) is 14.9. The number of ether oxygens (including phenoxy) is 2. The Bertz CT molecular complexity index is 671. The normalized spacial score (nSPS) is 32.0. The molecule has 1 aromatic carbocycles. The van der Waals surface area contributed by atoms with Crippen molar-refractivity contribution in [1.82, 2.24) is 4.90 Å². The number of likely N-dealkylation sites (N-methyl/N-ethyl adjacent to an activating group) is 1. The van der Waals surface area contributed by atoms with Gasteiger partial charge in [-0.3, -0.25) is 4.79 Å². The second-order valence-corrected chi connectivity index (χ2v) is 7.58. The molecule has 4 heteroatoms. The topological polar surface area (TPSA) is 38.8 Å². The number of piperidine rings is 1. The van der Waals surface area contributed by atoms with E-state index < -0.39 is 0 Å². The molecule has 4 nitrogen and oxygen atoms in total. The number of hydrogen-bond acceptors (Lipinski definition) is 4. The van der Waals surface area contributed by atoms with Crippen LogP contribution in [-0.4, -0.2) is 44.0 Å². The van der Waals surface area contributed by atoms with Gasteiger partial charge in [-0.25, -0.2) is 0 Å². The molecule has 1 heterocycles. The molecule has 0 N–H and O–H groups in total. The minimum atomic E-state index is -0.0564. The summed E-state index contributed by atoms with van der Waals surface area (Å²) in [5, 5.41) is 0. The third kappa shape index (κ3) is 2.12. The van der Waals surface area contributed by atoms with E-state index in [0.29, 0.717) is 30.8 Å². The summed E-state index contributed by atoms with van der Waals surface area (Å²) in [5.74, 6) is 2.65. The predicted octanol–water partition coefficient (Wildman–Crippen LogP) is 2.96. The molecule has 3 atom stereocenters. The van der Waals surface area contributed by atoms with Gasteiger partial charge in [-0.2, -0.15) is 0 Å². The lowest BCUT2D eigenvalue weighted by Gasteiger charge is -2.58. The molecule has 2 bridgehead atoms. The Balaban J connectivity index is 1.95. The van der Waals surface area contributed by atoms with Crippen molar-refractivity contribution in [2.24, 2.45) is 5.92 Å². The van der Waals surface area contributed by atoms with Crippen LogP contribution in [0, 0.1) is 5.92 Å². The zero-order valence-electron chi connectivity index (χ0n) is 14.9. The number of Topliss-reactive ketones (excluding diaryl/α,β-unsaturated/α-hetero) is 1. The van der Waals surface area contributed by atoms with Crippen molar-refractivity contribution >= 4 is 5.78 Å². The average molecular weight is 329 g/mol. The Labute approximate surface area is 144 Å². The molecule has 130 valence electrons. The number of methoxy groups -OCH3 is 1. The molecule has 1 aromatic rings. The molecule has 24 heavy (non-hydrogen) atoms. The Kier molecular flexibility index (Phi) is 3.83. The number of ketones is 1. The molecule has 2 fully saturated rings. The lowest BCUT2D eigenvalue weighted by molar-refractivity contribution is -0.127. The Morgan fingerprint density at radius 2 is 2.21 bits per heavy atom. The van der Waals surface area contributed by atoms with Crippen molar-refractivity contribution in [2.75, 3.05) is 27.3 Å². The number of nitrogens with zero attached hydrogens (tertiary/aromatic N) is 1. The third-order valence-electron chi connectivity index (χ3n) is 6.54. The van der Waals surface area contributed by atoms with Crippen molar-refractivity contribution in [1.29, 1.82) is 0 Å². The number of fused-ring (bicyclic) bond motifs is 1. The van der Waals surface area contributed by atoms with Crippen molar-refractivity contribution < 1.29 is 14.3 Å². The summed E-state index contributed by atoms with van der Waals surface area (Å²) in [5.41, 5.74) is 2.58.